The van der Waals surface area contributed by atoms with Gasteiger partial charge in [0.05, 0.1) is 24.9 Å². The maximum absolute atomic E-state index is 10.0. The third-order valence-corrected chi connectivity index (χ3v) is 5.30. The minimum atomic E-state index is -0.451. The molecule has 0 aromatic carbocycles. The number of thiazole rings is 1. The summed E-state index contributed by atoms with van der Waals surface area (Å²) >= 11 is 1.66. The molecule has 0 spiro atoms. The van der Waals surface area contributed by atoms with Gasteiger partial charge >= 0.3 is 0 Å². The summed E-state index contributed by atoms with van der Waals surface area (Å²) < 4.78 is 5.83. The van der Waals surface area contributed by atoms with Crippen molar-refractivity contribution < 1.29 is 9.84 Å². The molecule has 2 N–H and O–H groups in total. The zero-order valence-electron chi connectivity index (χ0n) is 13.3. The van der Waals surface area contributed by atoms with E-state index in [0.29, 0.717) is 19.3 Å². The van der Waals surface area contributed by atoms with Crippen LogP contribution in [0.2, 0.25) is 0 Å². The van der Waals surface area contributed by atoms with Crippen LogP contribution in [-0.4, -0.2) is 35.5 Å². The molecule has 4 nitrogen and oxygen atoms in total. The number of hydrogen-bond acceptors (Lipinski definition) is 5. The average Bonchev–Trinajstić information content (AvgIpc) is 2.91. The molecule has 1 heterocycles. The molecule has 1 aromatic rings. The highest BCUT2D eigenvalue weighted by Crippen LogP contribution is 2.25. The molecule has 0 saturated heterocycles. The summed E-state index contributed by atoms with van der Waals surface area (Å²) in [6.07, 6.45) is 4.66. The maximum Gasteiger partial charge on any atom is 0.110 e. The van der Waals surface area contributed by atoms with Crippen molar-refractivity contribution in [1.29, 1.82) is 0 Å². The first-order valence-corrected chi connectivity index (χ1v) is 8.87. The lowest BCUT2D eigenvalue weighted by Gasteiger charge is -2.27. The van der Waals surface area contributed by atoms with Crippen LogP contribution in [0.1, 0.15) is 56.3 Å². The molecule has 0 bridgehead atoms. The highest BCUT2D eigenvalue weighted by molar-refractivity contribution is 7.09. The summed E-state index contributed by atoms with van der Waals surface area (Å²) in [5.74, 6) is 0.832. The largest absolute Gasteiger partial charge is 0.389 e. The standard InChI is InChI=1S/C16H28N2O2S/c1-11-4-6-15(7-5-11)20-9-14(19)8-17-13(3)16-18-12(2)10-21-16/h10-11,13-15,17,19H,4-9H2,1-3H3. The van der Waals surface area contributed by atoms with Gasteiger partial charge in [-0.1, -0.05) is 6.92 Å². The summed E-state index contributed by atoms with van der Waals surface area (Å²) in [6, 6.07) is 0.175. The van der Waals surface area contributed by atoms with Gasteiger partial charge in [-0.2, -0.15) is 0 Å². The van der Waals surface area contributed by atoms with Gasteiger partial charge in [0.2, 0.25) is 0 Å². The molecule has 1 aliphatic rings. The van der Waals surface area contributed by atoms with E-state index in [0.717, 1.165) is 29.5 Å². The molecule has 1 aromatic heterocycles. The van der Waals surface area contributed by atoms with Crippen molar-refractivity contribution >= 4 is 11.3 Å². The van der Waals surface area contributed by atoms with Crippen LogP contribution in [0.5, 0.6) is 0 Å². The minimum absolute atomic E-state index is 0.175. The van der Waals surface area contributed by atoms with Gasteiger partial charge in [0.25, 0.3) is 0 Å². The number of hydrogen-bond donors (Lipinski definition) is 2. The normalized spacial score (nSPS) is 25.7. The topological polar surface area (TPSA) is 54.4 Å². The molecule has 0 aliphatic heterocycles. The summed E-state index contributed by atoms with van der Waals surface area (Å²) in [5.41, 5.74) is 1.05. The van der Waals surface area contributed by atoms with Gasteiger partial charge in [0, 0.05) is 17.6 Å². The lowest BCUT2D eigenvalue weighted by atomic mass is 9.89. The Morgan fingerprint density at radius 3 is 2.76 bits per heavy atom. The number of aliphatic hydroxyl groups is 1. The van der Waals surface area contributed by atoms with Gasteiger partial charge in [-0.15, -0.1) is 11.3 Å². The summed E-state index contributed by atoms with van der Waals surface area (Å²) in [7, 11) is 0. The SMILES string of the molecule is Cc1csc(C(C)NCC(O)COC2CCC(C)CC2)n1. The van der Waals surface area contributed by atoms with Crippen LogP contribution in [0.3, 0.4) is 0 Å². The van der Waals surface area contributed by atoms with Crippen molar-refractivity contribution in [2.24, 2.45) is 5.92 Å². The summed E-state index contributed by atoms with van der Waals surface area (Å²) in [5, 5.41) is 16.5. The summed E-state index contributed by atoms with van der Waals surface area (Å²) in [4.78, 5) is 4.46. The van der Waals surface area contributed by atoms with E-state index >= 15 is 0 Å². The molecule has 5 heteroatoms. The first kappa shape index (κ1) is 16.9. The Labute approximate surface area is 131 Å². The first-order chi connectivity index (χ1) is 10.0. The monoisotopic (exact) mass is 312 g/mol. The molecule has 21 heavy (non-hydrogen) atoms. The van der Waals surface area contributed by atoms with Crippen LogP contribution in [0.4, 0.5) is 0 Å². The number of nitrogens with one attached hydrogen (secondary N) is 1. The molecule has 2 atom stereocenters. The molecule has 0 radical (unpaired) electrons. The number of rotatable bonds is 7. The van der Waals surface area contributed by atoms with E-state index < -0.39 is 6.10 Å². The van der Waals surface area contributed by atoms with Crippen LogP contribution < -0.4 is 5.32 Å². The third kappa shape index (κ3) is 5.66. The van der Waals surface area contributed by atoms with Gasteiger partial charge < -0.3 is 15.2 Å². The van der Waals surface area contributed by atoms with E-state index in [2.05, 4.69) is 29.5 Å². The Kier molecular flexibility index (Phi) is 6.61. The van der Waals surface area contributed by atoms with Crippen molar-refractivity contribution in [2.75, 3.05) is 13.2 Å². The van der Waals surface area contributed by atoms with Crippen LogP contribution in [0.15, 0.2) is 5.38 Å². The molecule has 2 unspecified atom stereocenters. The second-order valence-corrected chi connectivity index (χ2v) is 7.22. The number of aromatic nitrogens is 1. The van der Waals surface area contributed by atoms with E-state index in [4.69, 9.17) is 4.74 Å². The van der Waals surface area contributed by atoms with Gasteiger partial charge in [0.1, 0.15) is 5.01 Å². The molecular weight excluding hydrogens is 284 g/mol. The Bertz CT molecular complexity index is 416. The lowest BCUT2D eigenvalue weighted by molar-refractivity contribution is -0.0283. The van der Waals surface area contributed by atoms with E-state index in [1.807, 2.05) is 6.92 Å². The molecular formula is C16H28N2O2S. The number of nitrogens with zero attached hydrogens (tertiary/aromatic N) is 1. The first-order valence-electron chi connectivity index (χ1n) is 7.99. The van der Waals surface area contributed by atoms with E-state index in [-0.39, 0.29) is 6.04 Å². The molecule has 1 saturated carbocycles. The molecule has 1 fully saturated rings. The molecule has 120 valence electrons. The Balaban J connectivity index is 1.62. The number of aryl methyl sites for hydroxylation is 1. The molecule has 0 amide bonds. The van der Waals surface area contributed by atoms with Gasteiger partial charge in [-0.3, -0.25) is 0 Å². The van der Waals surface area contributed by atoms with Crippen molar-refractivity contribution in [3.05, 3.63) is 16.1 Å². The zero-order valence-corrected chi connectivity index (χ0v) is 14.2. The van der Waals surface area contributed by atoms with Crippen molar-refractivity contribution in [1.82, 2.24) is 10.3 Å². The lowest BCUT2D eigenvalue weighted by Crippen LogP contribution is -2.34. The quantitative estimate of drug-likeness (QED) is 0.812. The number of aliphatic hydroxyl groups excluding tert-OH is 1. The van der Waals surface area contributed by atoms with E-state index in [1.165, 1.54) is 12.8 Å². The highest BCUT2D eigenvalue weighted by atomic mass is 32.1. The van der Waals surface area contributed by atoms with Crippen molar-refractivity contribution in [3.8, 4) is 0 Å². The molecule has 2 rings (SSSR count). The predicted octanol–water partition coefficient (Wildman–Crippen LogP) is 3.06. The van der Waals surface area contributed by atoms with Gasteiger partial charge in [-0.25, -0.2) is 4.98 Å². The van der Waals surface area contributed by atoms with Crippen LogP contribution in [0, 0.1) is 12.8 Å². The second-order valence-electron chi connectivity index (χ2n) is 6.33. The fourth-order valence-corrected chi connectivity index (χ4v) is 3.50. The van der Waals surface area contributed by atoms with Gasteiger partial charge in [0.15, 0.2) is 0 Å². The maximum atomic E-state index is 10.0. The third-order valence-electron chi connectivity index (χ3n) is 4.15. The fraction of sp³-hybridized carbons (Fsp3) is 0.812. The molecule has 1 aliphatic carbocycles. The Morgan fingerprint density at radius 1 is 1.43 bits per heavy atom. The zero-order chi connectivity index (χ0) is 15.2. The minimum Gasteiger partial charge on any atom is -0.389 e. The second kappa shape index (κ2) is 8.22. The average molecular weight is 312 g/mol. The van der Waals surface area contributed by atoms with Crippen molar-refractivity contribution in [2.45, 2.75) is 64.7 Å². The smallest absolute Gasteiger partial charge is 0.110 e. The Morgan fingerprint density at radius 2 is 2.14 bits per heavy atom. The van der Waals surface area contributed by atoms with Crippen LogP contribution in [0.25, 0.3) is 0 Å². The van der Waals surface area contributed by atoms with E-state index in [9.17, 15) is 5.11 Å². The predicted molar refractivity (Wildman–Crippen MR) is 86.6 cm³/mol. The van der Waals surface area contributed by atoms with Crippen molar-refractivity contribution in [3.63, 3.8) is 0 Å². The Hall–Kier alpha value is -0.490. The highest BCUT2D eigenvalue weighted by Gasteiger charge is 2.20. The number of ether oxygens (including phenoxy) is 1. The van der Waals surface area contributed by atoms with E-state index in [1.54, 1.807) is 11.3 Å². The summed E-state index contributed by atoms with van der Waals surface area (Å²) in [6.45, 7) is 7.35. The van der Waals surface area contributed by atoms with Crippen LogP contribution in [-0.2, 0) is 4.74 Å². The van der Waals surface area contributed by atoms with Crippen LogP contribution >= 0.6 is 11.3 Å². The van der Waals surface area contributed by atoms with Gasteiger partial charge in [-0.05, 0) is 45.4 Å². The fourth-order valence-electron chi connectivity index (χ4n) is 2.67.